The number of methoxy groups -OCH3 is 1. The summed E-state index contributed by atoms with van der Waals surface area (Å²) in [6, 6.07) is 9.24. The van der Waals surface area contributed by atoms with E-state index in [9.17, 15) is 8.78 Å². The van der Waals surface area contributed by atoms with Gasteiger partial charge >= 0.3 is 0 Å². The molecule has 2 rings (SSSR count). The highest BCUT2D eigenvalue weighted by molar-refractivity contribution is 9.10. The molecule has 2 nitrogen and oxygen atoms in total. The number of hydrogen-bond acceptors (Lipinski definition) is 2. The van der Waals surface area contributed by atoms with Gasteiger partial charge in [-0.15, -0.1) is 0 Å². The quantitative estimate of drug-likeness (QED) is 0.901. The van der Waals surface area contributed by atoms with Crippen LogP contribution >= 0.6 is 15.9 Å². The third-order valence-corrected chi connectivity index (χ3v) is 3.32. The van der Waals surface area contributed by atoms with Gasteiger partial charge in [-0.3, -0.25) is 0 Å². The van der Waals surface area contributed by atoms with Crippen LogP contribution in [0.4, 0.5) is 14.5 Å². The van der Waals surface area contributed by atoms with Gasteiger partial charge in [0.05, 0.1) is 7.11 Å². The second kappa shape index (κ2) is 6.02. The maximum absolute atomic E-state index is 13.9. The number of hydrogen-bond donors (Lipinski definition) is 1. The lowest BCUT2D eigenvalue weighted by Crippen LogP contribution is -2.03. The Morgan fingerprint density at radius 2 is 2.00 bits per heavy atom. The topological polar surface area (TPSA) is 21.3 Å². The Hall–Kier alpha value is -1.62. The van der Waals surface area contributed by atoms with Crippen LogP contribution in [0.2, 0.25) is 0 Å². The minimum Gasteiger partial charge on any atom is -0.494 e. The molecule has 5 heteroatoms. The zero-order valence-corrected chi connectivity index (χ0v) is 11.8. The van der Waals surface area contributed by atoms with Gasteiger partial charge in [-0.25, -0.2) is 8.78 Å². The zero-order valence-electron chi connectivity index (χ0n) is 10.2. The lowest BCUT2D eigenvalue weighted by Gasteiger charge is -2.11. The molecule has 0 radical (unpaired) electrons. The van der Waals surface area contributed by atoms with E-state index in [0.29, 0.717) is 15.7 Å². The summed E-state index contributed by atoms with van der Waals surface area (Å²) in [5.74, 6) is -0.516. The first kappa shape index (κ1) is 13.8. The molecule has 0 atom stereocenters. The van der Waals surface area contributed by atoms with Gasteiger partial charge in [0.25, 0.3) is 0 Å². The van der Waals surface area contributed by atoms with Crippen molar-refractivity contribution in [2.75, 3.05) is 12.4 Å². The summed E-state index contributed by atoms with van der Waals surface area (Å²) in [6.07, 6.45) is 0. The standard InChI is InChI=1S/C14H12BrF2NO/c1-19-13-4-2-3-9(14(13)17)8-18-12-6-5-10(16)7-11(12)15/h2-7,18H,8H2,1H3. The maximum Gasteiger partial charge on any atom is 0.170 e. The second-order valence-electron chi connectivity index (χ2n) is 3.91. The van der Waals surface area contributed by atoms with E-state index in [1.54, 1.807) is 24.3 Å². The zero-order chi connectivity index (χ0) is 13.8. The van der Waals surface area contributed by atoms with E-state index in [-0.39, 0.29) is 18.1 Å². The Labute approximate surface area is 118 Å². The van der Waals surface area contributed by atoms with Gasteiger partial charge in [0.15, 0.2) is 11.6 Å². The van der Waals surface area contributed by atoms with Crippen LogP contribution in [0.1, 0.15) is 5.56 Å². The molecule has 19 heavy (non-hydrogen) atoms. The summed E-state index contributed by atoms with van der Waals surface area (Å²) in [7, 11) is 1.42. The van der Waals surface area contributed by atoms with Crippen LogP contribution in [0.15, 0.2) is 40.9 Å². The Kier molecular flexibility index (Phi) is 4.37. The van der Waals surface area contributed by atoms with Crippen molar-refractivity contribution in [2.24, 2.45) is 0 Å². The van der Waals surface area contributed by atoms with Crippen molar-refractivity contribution < 1.29 is 13.5 Å². The first-order valence-corrected chi connectivity index (χ1v) is 6.41. The second-order valence-corrected chi connectivity index (χ2v) is 4.77. The molecule has 0 aliphatic heterocycles. The van der Waals surface area contributed by atoms with Crippen molar-refractivity contribution in [1.29, 1.82) is 0 Å². The van der Waals surface area contributed by atoms with Crippen LogP contribution in [0, 0.1) is 11.6 Å². The average molecular weight is 328 g/mol. The van der Waals surface area contributed by atoms with Crippen molar-refractivity contribution in [2.45, 2.75) is 6.54 Å². The molecule has 1 N–H and O–H groups in total. The van der Waals surface area contributed by atoms with Crippen LogP contribution in [-0.4, -0.2) is 7.11 Å². The molecule has 0 aliphatic carbocycles. The van der Waals surface area contributed by atoms with Crippen LogP contribution in [0.5, 0.6) is 5.75 Å². The predicted octanol–water partition coefficient (Wildman–Crippen LogP) is 4.35. The van der Waals surface area contributed by atoms with Gasteiger partial charge in [-0.2, -0.15) is 0 Å². The predicted molar refractivity (Wildman–Crippen MR) is 74.4 cm³/mol. The van der Waals surface area contributed by atoms with Gasteiger partial charge in [0.2, 0.25) is 0 Å². The van der Waals surface area contributed by atoms with Gasteiger partial charge < -0.3 is 10.1 Å². The molecular weight excluding hydrogens is 316 g/mol. The van der Waals surface area contributed by atoms with E-state index < -0.39 is 5.82 Å². The molecular formula is C14H12BrF2NO. The first-order chi connectivity index (χ1) is 9.11. The first-order valence-electron chi connectivity index (χ1n) is 5.62. The molecule has 0 heterocycles. The number of halogens is 3. The largest absolute Gasteiger partial charge is 0.494 e. The van der Waals surface area contributed by atoms with Crippen LogP contribution in [-0.2, 0) is 6.54 Å². The highest BCUT2D eigenvalue weighted by atomic mass is 79.9. The SMILES string of the molecule is COc1cccc(CNc2ccc(F)cc2Br)c1F. The minimum atomic E-state index is -0.393. The molecule has 0 fully saturated rings. The molecule has 0 saturated heterocycles. The van der Waals surface area contributed by atoms with Crippen LogP contribution in [0.3, 0.4) is 0 Å². The molecule has 0 aromatic heterocycles. The summed E-state index contributed by atoms with van der Waals surface area (Å²) >= 11 is 3.25. The van der Waals surface area contributed by atoms with E-state index in [4.69, 9.17) is 4.74 Å². The number of anilines is 1. The minimum absolute atomic E-state index is 0.206. The van der Waals surface area contributed by atoms with Crippen LogP contribution < -0.4 is 10.1 Å². The van der Waals surface area contributed by atoms with Crippen LogP contribution in [0.25, 0.3) is 0 Å². The van der Waals surface area contributed by atoms with E-state index in [2.05, 4.69) is 21.2 Å². The lowest BCUT2D eigenvalue weighted by molar-refractivity contribution is 0.384. The summed E-state index contributed by atoms with van der Waals surface area (Å²) in [5, 5.41) is 3.04. The summed E-state index contributed by atoms with van der Waals surface area (Å²) in [5.41, 5.74) is 1.18. The average Bonchev–Trinajstić information content (AvgIpc) is 2.39. The Balaban J connectivity index is 2.14. The molecule has 100 valence electrons. The highest BCUT2D eigenvalue weighted by Gasteiger charge is 2.08. The molecule has 0 spiro atoms. The molecule has 2 aromatic carbocycles. The van der Waals surface area contributed by atoms with Gasteiger partial charge in [-0.1, -0.05) is 12.1 Å². The fourth-order valence-corrected chi connectivity index (χ4v) is 2.16. The van der Waals surface area contributed by atoms with E-state index in [0.717, 1.165) is 0 Å². The molecule has 2 aromatic rings. The summed E-state index contributed by atoms with van der Waals surface area (Å²) in [6.45, 7) is 0.285. The Morgan fingerprint density at radius 3 is 2.68 bits per heavy atom. The van der Waals surface area contributed by atoms with Crippen molar-refractivity contribution in [1.82, 2.24) is 0 Å². The normalized spacial score (nSPS) is 10.3. The number of nitrogens with one attached hydrogen (secondary N) is 1. The molecule has 0 amide bonds. The molecule has 0 saturated carbocycles. The molecule has 0 unspecified atom stereocenters. The van der Waals surface area contributed by atoms with Gasteiger partial charge in [0.1, 0.15) is 5.82 Å². The number of rotatable bonds is 4. The molecule has 0 bridgehead atoms. The van der Waals surface area contributed by atoms with Gasteiger partial charge in [0, 0.05) is 22.3 Å². The fraction of sp³-hybridized carbons (Fsp3) is 0.143. The summed E-state index contributed by atoms with van der Waals surface area (Å²) < 4.78 is 32.4. The van der Waals surface area contributed by atoms with E-state index >= 15 is 0 Å². The molecule has 0 aliphatic rings. The van der Waals surface area contributed by atoms with Crippen molar-refractivity contribution >= 4 is 21.6 Å². The monoisotopic (exact) mass is 327 g/mol. The maximum atomic E-state index is 13.9. The Bertz CT molecular complexity index is 590. The van der Waals surface area contributed by atoms with Crippen molar-refractivity contribution in [3.63, 3.8) is 0 Å². The third kappa shape index (κ3) is 3.23. The van der Waals surface area contributed by atoms with E-state index in [1.165, 1.54) is 19.2 Å². The number of benzene rings is 2. The van der Waals surface area contributed by atoms with Crippen molar-refractivity contribution in [3.8, 4) is 5.75 Å². The Morgan fingerprint density at radius 1 is 1.21 bits per heavy atom. The van der Waals surface area contributed by atoms with Gasteiger partial charge in [-0.05, 0) is 40.2 Å². The third-order valence-electron chi connectivity index (χ3n) is 2.66. The highest BCUT2D eigenvalue weighted by Crippen LogP contribution is 2.25. The van der Waals surface area contributed by atoms with E-state index in [1.807, 2.05) is 0 Å². The number of ether oxygens (including phenoxy) is 1. The lowest BCUT2D eigenvalue weighted by atomic mass is 10.2. The fourth-order valence-electron chi connectivity index (χ4n) is 1.67. The van der Waals surface area contributed by atoms with Crippen molar-refractivity contribution in [3.05, 3.63) is 58.1 Å². The summed E-state index contributed by atoms with van der Waals surface area (Å²) in [4.78, 5) is 0. The smallest absolute Gasteiger partial charge is 0.170 e.